The lowest BCUT2D eigenvalue weighted by Crippen LogP contribution is -2.48. The molecule has 0 unspecified atom stereocenters. The highest BCUT2D eigenvalue weighted by atomic mass is 16.2. The first-order valence-electron chi connectivity index (χ1n) is 6.97. The third kappa shape index (κ3) is 3.81. The molecule has 1 fully saturated rings. The van der Waals surface area contributed by atoms with Crippen molar-refractivity contribution in [3.05, 3.63) is 29.8 Å². The van der Waals surface area contributed by atoms with Crippen LogP contribution in [0.5, 0.6) is 0 Å². The monoisotopic (exact) mass is 275 g/mol. The summed E-state index contributed by atoms with van der Waals surface area (Å²) < 4.78 is 0. The maximum absolute atomic E-state index is 12.0. The minimum absolute atomic E-state index is 0.103. The van der Waals surface area contributed by atoms with Gasteiger partial charge < -0.3 is 16.0 Å². The first-order valence-corrected chi connectivity index (χ1v) is 6.97. The Morgan fingerprint density at radius 3 is 2.60 bits per heavy atom. The number of aryl methyl sites for hydroxylation is 1. The van der Waals surface area contributed by atoms with Crippen LogP contribution in [0, 0.1) is 6.92 Å². The SMILES string of the molecule is Cc1ccc(NC(=O)[C@H](C)NC(=O)[C@@H]2CCCN2)cc1. The van der Waals surface area contributed by atoms with Crippen molar-refractivity contribution in [2.45, 2.75) is 38.8 Å². The summed E-state index contributed by atoms with van der Waals surface area (Å²) in [6.07, 6.45) is 1.83. The van der Waals surface area contributed by atoms with Crippen molar-refractivity contribution >= 4 is 17.5 Å². The molecule has 108 valence electrons. The van der Waals surface area contributed by atoms with Crippen molar-refractivity contribution in [2.24, 2.45) is 0 Å². The lowest BCUT2D eigenvalue weighted by Gasteiger charge is -2.17. The van der Waals surface area contributed by atoms with Crippen molar-refractivity contribution in [1.82, 2.24) is 10.6 Å². The quantitative estimate of drug-likeness (QED) is 0.773. The molecule has 0 radical (unpaired) electrons. The molecule has 0 spiro atoms. The second kappa shape index (κ2) is 6.52. The van der Waals surface area contributed by atoms with Crippen molar-refractivity contribution in [1.29, 1.82) is 0 Å². The lowest BCUT2D eigenvalue weighted by molar-refractivity contribution is -0.127. The number of amides is 2. The van der Waals surface area contributed by atoms with E-state index in [-0.39, 0.29) is 17.9 Å². The third-order valence-electron chi connectivity index (χ3n) is 3.45. The minimum Gasteiger partial charge on any atom is -0.343 e. The molecule has 2 amide bonds. The average molecular weight is 275 g/mol. The van der Waals surface area contributed by atoms with Crippen LogP contribution in [0.3, 0.4) is 0 Å². The summed E-state index contributed by atoms with van der Waals surface area (Å²) in [7, 11) is 0. The highest BCUT2D eigenvalue weighted by Crippen LogP contribution is 2.09. The van der Waals surface area contributed by atoms with Gasteiger partial charge in [-0.1, -0.05) is 17.7 Å². The molecule has 5 heteroatoms. The van der Waals surface area contributed by atoms with Gasteiger partial charge in [-0.15, -0.1) is 0 Å². The van der Waals surface area contributed by atoms with Crippen LogP contribution in [-0.4, -0.2) is 30.4 Å². The highest BCUT2D eigenvalue weighted by molar-refractivity contribution is 5.97. The van der Waals surface area contributed by atoms with Gasteiger partial charge in [0.15, 0.2) is 0 Å². The van der Waals surface area contributed by atoms with E-state index < -0.39 is 6.04 Å². The average Bonchev–Trinajstić information content (AvgIpc) is 2.95. The van der Waals surface area contributed by atoms with Gasteiger partial charge in [0.2, 0.25) is 11.8 Å². The second-order valence-corrected chi connectivity index (χ2v) is 5.23. The van der Waals surface area contributed by atoms with Gasteiger partial charge in [0.1, 0.15) is 6.04 Å². The van der Waals surface area contributed by atoms with Gasteiger partial charge in [0, 0.05) is 5.69 Å². The van der Waals surface area contributed by atoms with Gasteiger partial charge in [-0.3, -0.25) is 9.59 Å². The Morgan fingerprint density at radius 1 is 1.30 bits per heavy atom. The molecule has 0 aliphatic carbocycles. The molecular weight excluding hydrogens is 254 g/mol. The molecule has 1 aliphatic rings. The molecule has 1 aromatic rings. The van der Waals surface area contributed by atoms with Gasteiger partial charge in [-0.25, -0.2) is 0 Å². The fourth-order valence-electron chi connectivity index (χ4n) is 2.18. The summed E-state index contributed by atoms with van der Waals surface area (Å²) in [6.45, 7) is 4.54. The zero-order valence-electron chi connectivity index (χ0n) is 11.9. The molecule has 5 nitrogen and oxygen atoms in total. The van der Waals surface area contributed by atoms with Crippen molar-refractivity contribution < 1.29 is 9.59 Å². The predicted octanol–water partition coefficient (Wildman–Crippen LogP) is 1.19. The summed E-state index contributed by atoms with van der Waals surface area (Å²) in [5.41, 5.74) is 1.87. The number of nitrogens with one attached hydrogen (secondary N) is 3. The molecule has 1 aromatic carbocycles. The number of benzene rings is 1. The van der Waals surface area contributed by atoms with Gasteiger partial charge in [-0.05, 0) is 45.4 Å². The fourth-order valence-corrected chi connectivity index (χ4v) is 2.18. The molecule has 2 atom stereocenters. The van der Waals surface area contributed by atoms with Crippen LogP contribution in [0.2, 0.25) is 0 Å². The zero-order valence-corrected chi connectivity index (χ0v) is 11.9. The molecule has 0 aromatic heterocycles. The van der Waals surface area contributed by atoms with Crippen LogP contribution in [0.25, 0.3) is 0 Å². The van der Waals surface area contributed by atoms with Crippen LogP contribution < -0.4 is 16.0 Å². The second-order valence-electron chi connectivity index (χ2n) is 5.23. The van der Waals surface area contributed by atoms with E-state index in [9.17, 15) is 9.59 Å². The Hall–Kier alpha value is -1.88. The van der Waals surface area contributed by atoms with E-state index in [4.69, 9.17) is 0 Å². The molecule has 1 aliphatic heterocycles. The summed E-state index contributed by atoms with van der Waals surface area (Å²) >= 11 is 0. The first kappa shape index (κ1) is 14.5. The van der Waals surface area contributed by atoms with E-state index in [1.807, 2.05) is 31.2 Å². The van der Waals surface area contributed by atoms with Crippen LogP contribution in [0.4, 0.5) is 5.69 Å². The fraction of sp³-hybridized carbons (Fsp3) is 0.467. The smallest absolute Gasteiger partial charge is 0.246 e. The van der Waals surface area contributed by atoms with E-state index in [0.29, 0.717) is 0 Å². The molecule has 3 N–H and O–H groups in total. The Morgan fingerprint density at radius 2 is 2.00 bits per heavy atom. The number of hydrogen-bond donors (Lipinski definition) is 3. The number of anilines is 1. The van der Waals surface area contributed by atoms with Gasteiger partial charge in [-0.2, -0.15) is 0 Å². The van der Waals surface area contributed by atoms with E-state index >= 15 is 0 Å². The van der Waals surface area contributed by atoms with Gasteiger partial charge in [0.25, 0.3) is 0 Å². The summed E-state index contributed by atoms with van der Waals surface area (Å²) in [5, 5.41) is 8.64. The molecule has 0 bridgehead atoms. The normalized spacial score (nSPS) is 19.4. The topological polar surface area (TPSA) is 70.2 Å². The summed E-state index contributed by atoms with van der Waals surface area (Å²) in [4.78, 5) is 23.9. The van der Waals surface area contributed by atoms with E-state index in [1.54, 1.807) is 6.92 Å². The van der Waals surface area contributed by atoms with Crippen molar-refractivity contribution in [3.8, 4) is 0 Å². The Labute approximate surface area is 119 Å². The molecule has 20 heavy (non-hydrogen) atoms. The van der Waals surface area contributed by atoms with Crippen LogP contribution in [-0.2, 0) is 9.59 Å². The summed E-state index contributed by atoms with van der Waals surface area (Å²) in [6, 6.07) is 6.85. The molecule has 0 saturated carbocycles. The molecular formula is C15H21N3O2. The van der Waals surface area contributed by atoms with Crippen LogP contribution >= 0.6 is 0 Å². The number of rotatable bonds is 4. The number of hydrogen-bond acceptors (Lipinski definition) is 3. The van der Waals surface area contributed by atoms with Crippen molar-refractivity contribution in [2.75, 3.05) is 11.9 Å². The number of carbonyl (C=O) groups excluding carboxylic acids is 2. The third-order valence-corrected chi connectivity index (χ3v) is 3.45. The zero-order chi connectivity index (χ0) is 14.5. The van der Waals surface area contributed by atoms with Crippen molar-refractivity contribution in [3.63, 3.8) is 0 Å². The Kier molecular flexibility index (Phi) is 4.74. The standard InChI is InChI=1S/C15H21N3O2/c1-10-5-7-12(8-6-10)18-14(19)11(2)17-15(20)13-4-3-9-16-13/h5-8,11,13,16H,3-4,9H2,1-2H3,(H,17,20)(H,18,19)/t11-,13-/m0/s1. The van der Waals surface area contributed by atoms with E-state index in [1.165, 1.54) is 0 Å². The van der Waals surface area contributed by atoms with E-state index in [0.717, 1.165) is 30.6 Å². The summed E-state index contributed by atoms with van der Waals surface area (Å²) in [5.74, 6) is -0.311. The predicted molar refractivity (Wildman–Crippen MR) is 78.4 cm³/mol. The molecule has 1 heterocycles. The van der Waals surface area contributed by atoms with E-state index in [2.05, 4.69) is 16.0 Å². The van der Waals surface area contributed by atoms with Crippen LogP contribution in [0.1, 0.15) is 25.3 Å². The maximum Gasteiger partial charge on any atom is 0.246 e. The largest absolute Gasteiger partial charge is 0.343 e. The van der Waals surface area contributed by atoms with Gasteiger partial charge in [0.05, 0.1) is 6.04 Å². The first-order chi connectivity index (χ1) is 9.56. The molecule has 1 saturated heterocycles. The highest BCUT2D eigenvalue weighted by Gasteiger charge is 2.24. The molecule has 2 rings (SSSR count). The van der Waals surface area contributed by atoms with Gasteiger partial charge >= 0.3 is 0 Å². The van der Waals surface area contributed by atoms with Crippen LogP contribution in [0.15, 0.2) is 24.3 Å². The Bertz CT molecular complexity index is 478. The minimum atomic E-state index is -0.550. The Balaban J connectivity index is 1.85. The number of carbonyl (C=O) groups is 2. The lowest BCUT2D eigenvalue weighted by atomic mass is 10.2. The maximum atomic E-state index is 12.0.